The Balaban J connectivity index is 1.99. The SMILES string of the molecule is CC1=CCN(c2ccc(S(=O)(=O)N(C)C)cc2)S(=NS(=O)(=O)c2ccccc2)C1. The minimum Gasteiger partial charge on any atom is -0.303 e. The molecule has 2 aromatic carbocycles. The molecule has 0 aliphatic carbocycles. The van der Waals surface area contributed by atoms with Gasteiger partial charge in [-0.15, -0.1) is 3.77 Å². The van der Waals surface area contributed by atoms with E-state index in [0.717, 1.165) is 15.6 Å². The van der Waals surface area contributed by atoms with Gasteiger partial charge in [0, 0.05) is 43.0 Å². The lowest BCUT2D eigenvalue weighted by Gasteiger charge is -2.30. The molecule has 0 amide bonds. The van der Waals surface area contributed by atoms with Gasteiger partial charge in [-0.25, -0.2) is 12.7 Å². The molecule has 0 fully saturated rings. The molecule has 1 aliphatic rings. The van der Waals surface area contributed by atoms with E-state index in [-0.39, 0.29) is 9.79 Å². The van der Waals surface area contributed by atoms with E-state index >= 15 is 0 Å². The topological polar surface area (TPSA) is 87.1 Å². The molecule has 0 radical (unpaired) electrons. The van der Waals surface area contributed by atoms with Crippen LogP contribution in [-0.4, -0.2) is 47.5 Å². The Hall–Kier alpha value is -2.01. The van der Waals surface area contributed by atoms with Crippen LogP contribution < -0.4 is 4.31 Å². The molecule has 7 nitrogen and oxygen atoms in total. The van der Waals surface area contributed by atoms with Gasteiger partial charge in [-0.1, -0.05) is 29.8 Å². The Morgan fingerprint density at radius 3 is 2.14 bits per heavy atom. The summed E-state index contributed by atoms with van der Waals surface area (Å²) in [5.74, 6) is 0.504. The lowest BCUT2D eigenvalue weighted by molar-refractivity contribution is 0.521. The van der Waals surface area contributed by atoms with Crippen LogP contribution in [0.2, 0.25) is 0 Å². The predicted molar refractivity (Wildman–Crippen MR) is 117 cm³/mol. The molecule has 1 unspecified atom stereocenters. The minimum atomic E-state index is -3.80. The highest BCUT2D eigenvalue weighted by atomic mass is 32.3. The number of nitrogens with zero attached hydrogens (tertiary/aromatic N) is 3. The van der Waals surface area contributed by atoms with Gasteiger partial charge in [0.25, 0.3) is 10.0 Å². The Bertz CT molecular complexity index is 1150. The average molecular weight is 454 g/mol. The van der Waals surface area contributed by atoms with Crippen molar-refractivity contribution in [1.29, 1.82) is 0 Å². The number of rotatable bonds is 5. The third-order valence-corrected chi connectivity index (χ3v) is 10.1. The molecule has 0 N–H and O–H groups in total. The largest absolute Gasteiger partial charge is 0.303 e. The molecule has 29 heavy (non-hydrogen) atoms. The first-order valence-electron chi connectivity index (χ1n) is 8.81. The van der Waals surface area contributed by atoms with Crippen molar-refractivity contribution in [1.82, 2.24) is 4.31 Å². The summed E-state index contributed by atoms with van der Waals surface area (Å²) in [6.07, 6.45) is 2.03. The first-order chi connectivity index (χ1) is 13.6. The Morgan fingerprint density at radius 1 is 0.931 bits per heavy atom. The summed E-state index contributed by atoms with van der Waals surface area (Å²) in [7, 11) is -5.30. The lowest BCUT2D eigenvalue weighted by atomic mass is 10.3. The summed E-state index contributed by atoms with van der Waals surface area (Å²) in [6.45, 7) is 2.46. The maximum Gasteiger partial charge on any atom is 0.289 e. The summed E-state index contributed by atoms with van der Waals surface area (Å²) >= 11 is 0. The van der Waals surface area contributed by atoms with Crippen LogP contribution in [-0.2, 0) is 30.9 Å². The third kappa shape index (κ3) is 4.77. The molecule has 0 aromatic heterocycles. The summed E-state index contributed by atoms with van der Waals surface area (Å²) < 4.78 is 57.3. The molecule has 1 aliphatic heterocycles. The van der Waals surface area contributed by atoms with Crippen LogP contribution in [0.3, 0.4) is 0 Å². The van der Waals surface area contributed by atoms with Gasteiger partial charge >= 0.3 is 0 Å². The average Bonchev–Trinajstić information content (AvgIpc) is 2.68. The molecular weight excluding hydrogens is 430 g/mol. The van der Waals surface area contributed by atoms with Gasteiger partial charge in [-0.3, -0.25) is 0 Å². The highest BCUT2D eigenvalue weighted by Gasteiger charge is 2.22. The van der Waals surface area contributed by atoms with Crippen LogP contribution in [0.4, 0.5) is 5.69 Å². The number of hydrogen-bond acceptors (Lipinski definition) is 4. The van der Waals surface area contributed by atoms with E-state index in [0.29, 0.717) is 12.3 Å². The van der Waals surface area contributed by atoms with Gasteiger partial charge in [0.05, 0.1) is 9.79 Å². The molecule has 0 saturated heterocycles. The van der Waals surface area contributed by atoms with Gasteiger partial charge in [-0.05, 0) is 43.3 Å². The van der Waals surface area contributed by atoms with E-state index in [2.05, 4.69) is 3.77 Å². The molecule has 1 heterocycles. The fourth-order valence-electron chi connectivity index (χ4n) is 2.70. The van der Waals surface area contributed by atoms with Crippen molar-refractivity contribution in [2.24, 2.45) is 3.77 Å². The zero-order valence-corrected chi connectivity index (χ0v) is 18.8. The highest BCUT2D eigenvalue weighted by Crippen LogP contribution is 2.26. The van der Waals surface area contributed by atoms with E-state index in [1.54, 1.807) is 30.3 Å². The zero-order valence-electron chi connectivity index (χ0n) is 16.4. The van der Waals surface area contributed by atoms with Gasteiger partial charge in [0.15, 0.2) is 0 Å². The van der Waals surface area contributed by atoms with E-state index in [1.807, 2.05) is 17.3 Å². The second kappa shape index (κ2) is 8.39. The predicted octanol–water partition coefficient (Wildman–Crippen LogP) is 2.81. The zero-order chi connectivity index (χ0) is 21.2. The molecule has 156 valence electrons. The first kappa shape index (κ1) is 21.7. The van der Waals surface area contributed by atoms with E-state index in [4.69, 9.17) is 0 Å². The molecule has 3 rings (SSSR count). The molecule has 2 aromatic rings. The summed E-state index contributed by atoms with van der Waals surface area (Å²) in [5, 5.41) is 0. The van der Waals surface area contributed by atoms with Crippen molar-refractivity contribution in [2.45, 2.75) is 16.7 Å². The van der Waals surface area contributed by atoms with Crippen LogP contribution >= 0.6 is 0 Å². The minimum absolute atomic E-state index is 0.159. The lowest BCUT2D eigenvalue weighted by Crippen LogP contribution is -2.32. The van der Waals surface area contributed by atoms with Crippen molar-refractivity contribution < 1.29 is 16.8 Å². The van der Waals surface area contributed by atoms with E-state index in [1.165, 1.54) is 38.4 Å². The second-order valence-electron chi connectivity index (χ2n) is 6.74. The van der Waals surface area contributed by atoms with Crippen LogP contribution in [0.25, 0.3) is 0 Å². The normalized spacial score (nSPS) is 18.1. The Kier molecular flexibility index (Phi) is 6.27. The fraction of sp³-hybridized carbons (Fsp3) is 0.263. The van der Waals surface area contributed by atoms with Crippen molar-refractivity contribution in [2.75, 3.05) is 30.7 Å². The summed E-state index contributed by atoms with van der Waals surface area (Å²) in [5.41, 5.74) is 1.80. The number of hydrogen-bond donors (Lipinski definition) is 0. The van der Waals surface area contributed by atoms with Crippen molar-refractivity contribution >= 4 is 36.6 Å². The molecular formula is C19H23N3O4S3. The van der Waals surface area contributed by atoms with Crippen LogP contribution in [0, 0.1) is 0 Å². The fourth-order valence-corrected chi connectivity index (χ4v) is 7.18. The first-order valence-corrected chi connectivity index (χ1v) is 13.0. The Labute approximate surface area is 175 Å². The summed E-state index contributed by atoms with van der Waals surface area (Å²) in [4.78, 5) is 0.343. The van der Waals surface area contributed by atoms with Crippen molar-refractivity contribution in [3.63, 3.8) is 0 Å². The van der Waals surface area contributed by atoms with Crippen molar-refractivity contribution in [3.05, 3.63) is 66.2 Å². The molecule has 10 heteroatoms. The maximum absolute atomic E-state index is 12.8. The van der Waals surface area contributed by atoms with E-state index < -0.39 is 30.9 Å². The van der Waals surface area contributed by atoms with Crippen LogP contribution in [0.5, 0.6) is 0 Å². The second-order valence-corrected chi connectivity index (χ2v) is 12.3. The van der Waals surface area contributed by atoms with Crippen LogP contribution in [0.1, 0.15) is 6.92 Å². The molecule has 0 saturated carbocycles. The van der Waals surface area contributed by atoms with Crippen LogP contribution in [0.15, 0.2) is 79.8 Å². The highest BCUT2D eigenvalue weighted by molar-refractivity contribution is 8.00. The number of sulfonamides is 2. The molecule has 1 atom stereocenters. The molecule has 0 spiro atoms. The summed E-state index contributed by atoms with van der Waals surface area (Å²) in [6, 6.07) is 14.6. The van der Waals surface area contributed by atoms with Gasteiger partial charge < -0.3 is 4.31 Å². The van der Waals surface area contributed by atoms with Gasteiger partial charge in [0.1, 0.15) is 0 Å². The number of anilines is 1. The van der Waals surface area contributed by atoms with E-state index in [9.17, 15) is 16.8 Å². The monoisotopic (exact) mass is 453 g/mol. The van der Waals surface area contributed by atoms with Gasteiger partial charge in [-0.2, -0.15) is 8.42 Å². The quantitative estimate of drug-likeness (QED) is 0.650. The standard InChI is InChI=1S/C19H23N3O4S3/c1-16-13-14-22(17-9-11-19(12-10-17)29(25,26)21(2)3)27(15-16)20-28(23,24)18-7-5-4-6-8-18/h4-13H,14-15H2,1-3H3. The smallest absolute Gasteiger partial charge is 0.289 e. The van der Waals surface area contributed by atoms with Crippen molar-refractivity contribution in [3.8, 4) is 0 Å². The van der Waals surface area contributed by atoms with Gasteiger partial charge in [0.2, 0.25) is 10.0 Å². The maximum atomic E-state index is 12.8. The molecule has 0 bridgehead atoms. The Morgan fingerprint density at radius 2 is 1.55 bits per heavy atom. The number of benzene rings is 2. The third-order valence-electron chi connectivity index (χ3n) is 4.35.